The topological polar surface area (TPSA) is 69.7 Å². The smallest absolute Gasteiger partial charge is 0.492 e. The first kappa shape index (κ1) is 16.7. The molecule has 2 rings (SSSR count). The lowest BCUT2D eigenvalue weighted by Crippen LogP contribution is -2.41. The summed E-state index contributed by atoms with van der Waals surface area (Å²) in [6.07, 6.45) is 0. The van der Waals surface area contributed by atoms with Crippen LogP contribution in [0.2, 0.25) is 0 Å². The quantitative estimate of drug-likeness (QED) is 0.663. The highest BCUT2D eigenvalue weighted by atomic mass is 19.1. The van der Waals surface area contributed by atoms with Crippen molar-refractivity contribution in [1.82, 2.24) is 10.3 Å². The summed E-state index contributed by atoms with van der Waals surface area (Å²) in [6, 6.07) is 1.42. The molecular formula is C14H20BFN2O4. The second kappa shape index (κ2) is 5.51. The molecule has 22 heavy (non-hydrogen) atoms. The molecule has 1 aliphatic rings. The van der Waals surface area contributed by atoms with Gasteiger partial charge >= 0.3 is 7.12 Å². The molecule has 2 heterocycles. The van der Waals surface area contributed by atoms with Crippen molar-refractivity contribution in [2.45, 2.75) is 38.9 Å². The number of halogens is 1. The van der Waals surface area contributed by atoms with E-state index in [-0.39, 0.29) is 11.4 Å². The van der Waals surface area contributed by atoms with Crippen LogP contribution in [-0.2, 0) is 9.31 Å². The highest BCUT2D eigenvalue weighted by Crippen LogP contribution is 2.37. The van der Waals surface area contributed by atoms with E-state index in [1.165, 1.54) is 20.2 Å². The summed E-state index contributed by atoms with van der Waals surface area (Å²) in [5.74, 6) is -1.47. The summed E-state index contributed by atoms with van der Waals surface area (Å²) >= 11 is 0. The number of hydrogen-bond acceptors (Lipinski definition) is 5. The maximum absolute atomic E-state index is 14.1. The molecular weight excluding hydrogens is 290 g/mol. The molecule has 1 saturated heterocycles. The van der Waals surface area contributed by atoms with Crippen LogP contribution in [0.3, 0.4) is 0 Å². The van der Waals surface area contributed by atoms with E-state index in [0.717, 1.165) is 0 Å². The molecule has 0 radical (unpaired) electrons. The van der Waals surface area contributed by atoms with Gasteiger partial charge in [0.05, 0.1) is 18.3 Å². The Hall–Kier alpha value is -1.67. The van der Waals surface area contributed by atoms with Crippen LogP contribution in [0, 0.1) is 5.95 Å². The summed E-state index contributed by atoms with van der Waals surface area (Å²) < 4.78 is 31.0. The van der Waals surface area contributed by atoms with Crippen molar-refractivity contribution in [3.05, 3.63) is 17.7 Å². The van der Waals surface area contributed by atoms with Crippen molar-refractivity contribution >= 4 is 18.5 Å². The van der Waals surface area contributed by atoms with Gasteiger partial charge in [0.1, 0.15) is 5.69 Å². The molecule has 0 atom stereocenters. The number of carbonyl (C=O) groups excluding carboxylic acids is 1. The van der Waals surface area contributed by atoms with E-state index in [9.17, 15) is 9.18 Å². The molecule has 1 fully saturated rings. The molecule has 0 aliphatic carbocycles. The van der Waals surface area contributed by atoms with Gasteiger partial charge in [-0.25, -0.2) is 4.98 Å². The number of hydrogen-bond donors (Lipinski definition) is 1. The standard InChI is InChI=1S/C14H20BFN2O4/c1-13(2)14(3,4)22-15(21-13)8-7-9(12(19)17-5)18-11(16)10(8)20-6/h7H,1-6H3,(H,17,19). The molecule has 0 unspecified atom stereocenters. The van der Waals surface area contributed by atoms with Crippen molar-refractivity contribution in [3.63, 3.8) is 0 Å². The van der Waals surface area contributed by atoms with E-state index >= 15 is 0 Å². The fraction of sp³-hybridized carbons (Fsp3) is 0.571. The number of carbonyl (C=O) groups is 1. The van der Waals surface area contributed by atoms with Crippen molar-refractivity contribution in [2.24, 2.45) is 0 Å². The SMILES string of the molecule is CNC(=O)c1cc(B2OC(C)(C)C(C)(C)O2)c(OC)c(F)n1. The monoisotopic (exact) mass is 310 g/mol. The molecule has 1 N–H and O–H groups in total. The Morgan fingerprint density at radius 3 is 2.32 bits per heavy atom. The molecule has 0 spiro atoms. The predicted molar refractivity (Wildman–Crippen MR) is 79.9 cm³/mol. The van der Waals surface area contributed by atoms with E-state index in [2.05, 4.69) is 10.3 Å². The first-order chi connectivity index (χ1) is 10.1. The molecule has 120 valence electrons. The number of pyridine rings is 1. The fourth-order valence-corrected chi connectivity index (χ4v) is 2.11. The molecule has 1 aromatic rings. The van der Waals surface area contributed by atoms with Crippen LogP contribution < -0.4 is 15.5 Å². The lowest BCUT2D eigenvalue weighted by molar-refractivity contribution is 0.00578. The van der Waals surface area contributed by atoms with Crippen LogP contribution in [0.1, 0.15) is 38.2 Å². The van der Waals surface area contributed by atoms with Gasteiger partial charge in [-0.2, -0.15) is 4.39 Å². The largest absolute Gasteiger partial charge is 0.498 e. The summed E-state index contributed by atoms with van der Waals surface area (Å²) in [5.41, 5.74) is -0.941. The number of ether oxygens (including phenoxy) is 1. The Labute approximate surface area is 129 Å². The summed E-state index contributed by atoms with van der Waals surface area (Å²) in [7, 11) is 1.93. The maximum atomic E-state index is 14.1. The van der Waals surface area contributed by atoms with Gasteiger partial charge in [-0.3, -0.25) is 4.79 Å². The summed E-state index contributed by atoms with van der Waals surface area (Å²) in [5, 5.41) is 2.41. The van der Waals surface area contributed by atoms with Crippen molar-refractivity contribution in [3.8, 4) is 5.75 Å². The highest BCUT2D eigenvalue weighted by Gasteiger charge is 2.53. The van der Waals surface area contributed by atoms with E-state index < -0.39 is 30.2 Å². The van der Waals surface area contributed by atoms with Crippen LogP contribution in [0.5, 0.6) is 5.75 Å². The normalized spacial score (nSPS) is 19.1. The second-order valence-electron chi connectivity index (χ2n) is 6.09. The summed E-state index contributed by atoms with van der Waals surface area (Å²) in [6.45, 7) is 7.54. The van der Waals surface area contributed by atoms with Gasteiger partial charge in [0.15, 0.2) is 5.75 Å². The lowest BCUT2D eigenvalue weighted by Gasteiger charge is -2.32. The third-order valence-electron chi connectivity index (χ3n) is 4.13. The van der Waals surface area contributed by atoms with Crippen LogP contribution in [0.4, 0.5) is 4.39 Å². The summed E-state index contributed by atoms with van der Waals surface area (Å²) in [4.78, 5) is 15.3. The van der Waals surface area contributed by atoms with Crippen LogP contribution in [-0.4, -0.2) is 43.4 Å². The molecule has 1 aromatic heterocycles. The minimum absolute atomic E-state index is 0.0643. The minimum Gasteiger partial charge on any atom is -0.492 e. The Morgan fingerprint density at radius 2 is 1.86 bits per heavy atom. The van der Waals surface area contributed by atoms with E-state index in [1.54, 1.807) is 0 Å². The predicted octanol–water partition coefficient (Wildman–Crippen LogP) is 0.888. The van der Waals surface area contributed by atoms with E-state index in [0.29, 0.717) is 5.46 Å². The van der Waals surface area contributed by atoms with Crippen molar-refractivity contribution in [1.29, 1.82) is 0 Å². The molecule has 1 aliphatic heterocycles. The van der Waals surface area contributed by atoms with Gasteiger partial charge in [-0.15, -0.1) is 0 Å². The van der Waals surface area contributed by atoms with Crippen molar-refractivity contribution in [2.75, 3.05) is 14.2 Å². The van der Waals surface area contributed by atoms with Crippen LogP contribution in [0.15, 0.2) is 6.07 Å². The highest BCUT2D eigenvalue weighted by molar-refractivity contribution is 6.63. The number of aromatic nitrogens is 1. The lowest BCUT2D eigenvalue weighted by atomic mass is 9.78. The van der Waals surface area contributed by atoms with Gasteiger partial charge in [-0.05, 0) is 33.8 Å². The molecule has 8 heteroatoms. The van der Waals surface area contributed by atoms with Gasteiger partial charge in [0.25, 0.3) is 11.9 Å². The Morgan fingerprint density at radius 1 is 1.32 bits per heavy atom. The Bertz CT molecular complexity index is 591. The van der Waals surface area contributed by atoms with Gasteiger partial charge < -0.3 is 19.4 Å². The first-order valence-corrected chi connectivity index (χ1v) is 6.95. The van der Waals surface area contributed by atoms with Crippen molar-refractivity contribution < 1.29 is 23.2 Å². The Kier molecular flexibility index (Phi) is 4.19. The van der Waals surface area contributed by atoms with Crippen LogP contribution >= 0.6 is 0 Å². The third kappa shape index (κ3) is 2.68. The number of methoxy groups -OCH3 is 1. The zero-order chi connectivity index (χ0) is 16.7. The second-order valence-corrected chi connectivity index (χ2v) is 6.09. The van der Waals surface area contributed by atoms with Gasteiger partial charge in [0.2, 0.25) is 0 Å². The third-order valence-corrected chi connectivity index (χ3v) is 4.13. The number of amides is 1. The molecule has 0 bridgehead atoms. The number of nitrogens with zero attached hydrogens (tertiary/aromatic N) is 1. The molecule has 6 nitrogen and oxygen atoms in total. The average Bonchev–Trinajstić information content (AvgIpc) is 2.65. The van der Waals surface area contributed by atoms with E-state index in [1.807, 2.05) is 27.7 Å². The van der Waals surface area contributed by atoms with Gasteiger partial charge in [-0.1, -0.05) is 0 Å². The van der Waals surface area contributed by atoms with E-state index in [4.69, 9.17) is 14.0 Å². The average molecular weight is 310 g/mol. The zero-order valence-electron chi connectivity index (χ0n) is 13.6. The Balaban J connectivity index is 2.50. The van der Waals surface area contributed by atoms with Gasteiger partial charge in [0, 0.05) is 12.5 Å². The number of nitrogens with one attached hydrogen (secondary N) is 1. The molecule has 0 saturated carbocycles. The molecule has 1 amide bonds. The minimum atomic E-state index is -0.881. The maximum Gasteiger partial charge on any atom is 0.498 e. The zero-order valence-corrected chi connectivity index (χ0v) is 13.6. The van der Waals surface area contributed by atoms with Crippen LogP contribution in [0.25, 0.3) is 0 Å². The first-order valence-electron chi connectivity index (χ1n) is 6.95. The fourth-order valence-electron chi connectivity index (χ4n) is 2.11. The number of rotatable bonds is 3. The molecule has 0 aromatic carbocycles.